The van der Waals surface area contributed by atoms with Crippen LogP contribution < -0.4 is 0 Å². The number of rotatable bonds is 3. The normalized spacial score (nSPS) is 33.2. The molecule has 0 amide bonds. The van der Waals surface area contributed by atoms with Crippen molar-refractivity contribution in [2.45, 2.75) is 32.4 Å². The predicted octanol–water partition coefficient (Wildman–Crippen LogP) is 2.58. The van der Waals surface area contributed by atoms with E-state index in [-0.39, 0.29) is 0 Å². The summed E-state index contributed by atoms with van der Waals surface area (Å²) < 4.78 is 0. The molecule has 0 radical (unpaired) electrons. The van der Waals surface area contributed by atoms with Gasteiger partial charge in [0.15, 0.2) is 0 Å². The molecule has 1 saturated carbocycles. The second-order valence-corrected chi connectivity index (χ2v) is 7.78. The Hall–Kier alpha value is -0.380. The van der Waals surface area contributed by atoms with Crippen LogP contribution in [0.5, 0.6) is 0 Å². The Kier molecular flexibility index (Phi) is 2.75. The van der Waals surface area contributed by atoms with Crippen molar-refractivity contribution in [1.29, 1.82) is 0 Å². The Morgan fingerprint density at radius 1 is 1.11 bits per heavy atom. The van der Waals surface area contributed by atoms with Crippen LogP contribution in [-0.2, 0) is 6.54 Å². The molecule has 0 N–H and O–H groups in total. The highest BCUT2D eigenvalue weighted by Gasteiger charge is 2.44. The molecular formula is C15H22N2S. The first kappa shape index (κ1) is 11.4. The van der Waals surface area contributed by atoms with Crippen LogP contribution in [0.15, 0.2) is 12.1 Å². The molecule has 3 aliphatic rings. The number of hydrogen-bond donors (Lipinski definition) is 0. The van der Waals surface area contributed by atoms with Gasteiger partial charge in [-0.1, -0.05) is 0 Å². The van der Waals surface area contributed by atoms with Crippen molar-refractivity contribution in [3.8, 4) is 0 Å². The molecule has 1 aliphatic carbocycles. The van der Waals surface area contributed by atoms with Gasteiger partial charge in [0, 0.05) is 48.5 Å². The minimum absolute atomic E-state index is 0.964. The second kappa shape index (κ2) is 4.32. The van der Waals surface area contributed by atoms with E-state index in [9.17, 15) is 0 Å². The van der Waals surface area contributed by atoms with E-state index in [1.807, 2.05) is 11.3 Å². The fourth-order valence-electron chi connectivity index (χ4n) is 3.78. The molecule has 2 aliphatic heterocycles. The summed E-state index contributed by atoms with van der Waals surface area (Å²) in [7, 11) is 0. The van der Waals surface area contributed by atoms with Crippen molar-refractivity contribution in [3.05, 3.63) is 21.9 Å². The van der Waals surface area contributed by atoms with E-state index in [1.54, 1.807) is 4.88 Å². The zero-order chi connectivity index (χ0) is 12.1. The van der Waals surface area contributed by atoms with Gasteiger partial charge in [0.25, 0.3) is 0 Å². The lowest BCUT2D eigenvalue weighted by atomic mass is 10.0. The quantitative estimate of drug-likeness (QED) is 0.826. The van der Waals surface area contributed by atoms with E-state index in [4.69, 9.17) is 0 Å². The van der Waals surface area contributed by atoms with Crippen molar-refractivity contribution in [3.63, 3.8) is 0 Å². The Labute approximate surface area is 114 Å². The molecule has 4 rings (SSSR count). The van der Waals surface area contributed by atoms with E-state index < -0.39 is 0 Å². The third-order valence-corrected chi connectivity index (χ3v) is 5.81. The minimum atomic E-state index is 0.964. The molecule has 2 nitrogen and oxygen atoms in total. The average molecular weight is 262 g/mol. The zero-order valence-electron chi connectivity index (χ0n) is 11.1. The van der Waals surface area contributed by atoms with Gasteiger partial charge in [-0.05, 0) is 43.7 Å². The minimum Gasteiger partial charge on any atom is -0.300 e. The zero-order valence-corrected chi connectivity index (χ0v) is 12.0. The van der Waals surface area contributed by atoms with E-state index in [1.165, 1.54) is 50.4 Å². The maximum absolute atomic E-state index is 2.77. The van der Waals surface area contributed by atoms with Crippen LogP contribution in [0.25, 0.3) is 0 Å². The van der Waals surface area contributed by atoms with Crippen LogP contribution in [0, 0.1) is 18.8 Å². The standard InChI is InChI=1S/C15H22N2S/c1-11-2-5-15(18-11)10-16-6-12-8-17(14-3-4-14)9-13(12)7-16/h2,5,12-14H,3-4,6-10H2,1H3. The smallest absolute Gasteiger partial charge is 0.0328 e. The van der Waals surface area contributed by atoms with Gasteiger partial charge in [0.1, 0.15) is 0 Å². The van der Waals surface area contributed by atoms with Crippen molar-refractivity contribution in [2.75, 3.05) is 26.2 Å². The Morgan fingerprint density at radius 3 is 2.39 bits per heavy atom. The number of nitrogens with zero attached hydrogens (tertiary/aromatic N) is 2. The van der Waals surface area contributed by atoms with Crippen molar-refractivity contribution in [2.24, 2.45) is 11.8 Å². The lowest BCUT2D eigenvalue weighted by Crippen LogP contribution is -2.29. The predicted molar refractivity (Wildman–Crippen MR) is 75.9 cm³/mol. The van der Waals surface area contributed by atoms with Crippen molar-refractivity contribution >= 4 is 11.3 Å². The summed E-state index contributed by atoms with van der Waals surface area (Å²) in [6.45, 7) is 8.84. The maximum atomic E-state index is 2.77. The lowest BCUT2D eigenvalue weighted by Gasteiger charge is -2.20. The first-order valence-corrected chi connectivity index (χ1v) is 8.11. The van der Waals surface area contributed by atoms with Crippen molar-refractivity contribution < 1.29 is 0 Å². The fourth-order valence-corrected chi connectivity index (χ4v) is 4.72. The highest BCUT2D eigenvalue weighted by Crippen LogP contribution is 2.38. The first-order chi connectivity index (χ1) is 8.78. The second-order valence-electron chi connectivity index (χ2n) is 6.41. The molecule has 2 atom stereocenters. The number of hydrogen-bond acceptors (Lipinski definition) is 3. The Bertz CT molecular complexity index is 423. The molecule has 3 heterocycles. The van der Waals surface area contributed by atoms with Gasteiger partial charge < -0.3 is 0 Å². The third kappa shape index (κ3) is 2.13. The Balaban J connectivity index is 1.35. The number of fused-ring (bicyclic) bond motifs is 1. The molecule has 3 heteroatoms. The van der Waals surface area contributed by atoms with Gasteiger partial charge in [-0.2, -0.15) is 0 Å². The first-order valence-electron chi connectivity index (χ1n) is 7.29. The molecule has 0 spiro atoms. The monoisotopic (exact) mass is 262 g/mol. The van der Waals surface area contributed by atoms with Crippen molar-refractivity contribution in [1.82, 2.24) is 9.80 Å². The average Bonchev–Trinajstić information content (AvgIpc) is 2.84. The molecule has 2 unspecified atom stereocenters. The lowest BCUT2D eigenvalue weighted by molar-refractivity contribution is 0.246. The van der Waals surface area contributed by atoms with Crippen LogP contribution in [-0.4, -0.2) is 42.0 Å². The molecule has 1 aromatic heterocycles. The van der Waals surface area contributed by atoms with Gasteiger partial charge in [0.2, 0.25) is 0 Å². The van der Waals surface area contributed by atoms with Crippen LogP contribution >= 0.6 is 11.3 Å². The molecular weight excluding hydrogens is 240 g/mol. The molecule has 2 saturated heterocycles. The number of likely N-dealkylation sites (tertiary alicyclic amines) is 2. The molecule has 98 valence electrons. The highest BCUT2D eigenvalue weighted by atomic mass is 32.1. The summed E-state index contributed by atoms with van der Waals surface area (Å²) in [5.74, 6) is 1.93. The SMILES string of the molecule is Cc1ccc(CN2CC3CN(C4CC4)CC3C2)s1. The molecule has 0 bridgehead atoms. The number of thiophene rings is 1. The summed E-state index contributed by atoms with van der Waals surface area (Å²) >= 11 is 1.97. The van der Waals surface area contributed by atoms with Gasteiger partial charge in [-0.15, -0.1) is 11.3 Å². The topological polar surface area (TPSA) is 6.48 Å². The molecule has 18 heavy (non-hydrogen) atoms. The Morgan fingerprint density at radius 2 is 1.83 bits per heavy atom. The van der Waals surface area contributed by atoms with Gasteiger partial charge >= 0.3 is 0 Å². The molecule has 1 aromatic rings. The van der Waals surface area contributed by atoms with Crippen LogP contribution in [0.4, 0.5) is 0 Å². The van der Waals surface area contributed by atoms with Gasteiger partial charge in [-0.3, -0.25) is 9.80 Å². The van der Waals surface area contributed by atoms with Crippen LogP contribution in [0.1, 0.15) is 22.6 Å². The molecule has 3 fully saturated rings. The van der Waals surface area contributed by atoms with E-state index in [0.29, 0.717) is 0 Å². The summed E-state index contributed by atoms with van der Waals surface area (Å²) in [4.78, 5) is 8.45. The summed E-state index contributed by atoms with van der Waals surface area (Å²) in [5.41, 5.74) is 0. The summed E-state index contributed by atoms with van der Waals surface area (Å²) in [6.07, 6.45) is 2.94. The number of aryl methyl sites for hydroxylation is 1. The van der Waals surface area contributed by atoms with Gasteiger partial charge in [-0.25, -0.2) is 0 Å². The van der Waals surface area contributed by atoms with Crippen LogP contribution in [0.2, 0.25) is 0 Å². The molecule has 0 aromatic carbocycles. The van der Waals surface area contributed by atoms with E-state index >= 15 is 0 Å². The van der Waals surface area contributed by atoms with Gasteiger partial charge in [0.05, 0.1) is 0 Å². The third-order valence-electron chi connectivity index (χ3n) is 4.83. The van der Waals surface area contributed by atoms with Crippen LogP contribution in [0.3, 0.4) is 0 Å². The maximum Gasteiger partial charge on any atom is 0.0328 e. The van der Waals surface area contributed by atoms with E-state index in [2.05, 4.69) is 28.9 Å². The summed E-state index contributed by atoms with van der Waals surface area (Å²) in [5, 5.41) is 0. The fraction of sp³-hybridized carbons (Fsp3) is 0.733. The van der Waals surface area contributed by atoms with E-state index in [0.717, 1.165) is 17.9 Å². The highest BCUT2D eigenvalue weighted by molar-refractivity contribution is 7.11. The largest absolute Gasteiger partial charge is 0.300 e. The summed E-state index contributed by atoms with van der Waals surface area (Å²) in [6, 6.07) is 5.54.